The number of aromatic nitrogens is 2. The number of nitrogens with zero attached hydrogens (tertiary/aromatic N) is 3. The van der Waals surface area contributed by atoms with E-state index in [1.807, 2.05) is 0 Å². The van der Waals surface area contributed by atoms with E-state index in [0.29, 0.717) is 17.5 Å². The minimum atomic E-state index is -0.643. The molecule has 0 amide bonds. The van der Waals surface area contributed by atoms with Crippen molar-refractivity contribution >= 4 is 12.0 Å². The number of rotatable bonds is 4. The summed E-state index contributed by atoms with van der Waals surface area (Å²) in [6.07, 6.45) is 1.97. The van der Waals surface area contributed by atoms with Gasteiger partial charge in [-0.05, 0) is 13.0 Å². The summed E-state index contributed by atoms with van der Waals surface area (Å²) in [5.41, 5.74) is 0.654. The van der Waals surface area contributed by atoms with Crippen LogP contribution in [0.3, 0.4) is 0 Å². The standard InChI is InChI=1S/C12H11FN3O3/c1-8-9(7-17)6-15(14-8)12-10(13)4-3-5-11(12)16(18)19-2/h3-7H,1-2H3/q+1. The first kappa shape index (κ1) is 12.9. The van der Waals surface area contributed by atoms with Crippen LogP contribution in [-0.2, 0) is 4.84 Å². The van der Waals surface area contributed by atoms with Crippen LogP contribution in [0.1, 0.15) is 16.1 Å². The molecule has 0 N–H and O–H groups in total. The van der Waals surface area contributed by atoms with E-state index in [2.05, 4.69) is 9.94 Å². The van der Waals surface area contributed by atoms with Crippen LogP contribution < -0.4 is 0 Å². The zero-order chi connectivity index (χ0) is 14.0. The average Bonchev–Trinajstić information content (AvgIpc) is 2.78. The van der Waals surface area contributed by atoms with E-state index in [4.69, 9.17) is 0 Å². The number of carbonyl (C=O) groups is 1. The number of halogens is 1. The molecule has 0 atom stereocenters. The molecule has 0 aliphatic heterocycles. The van der Waals surface area contributed by atoms with Gasteiger partial charge in [0, 0.05) is 12.3 Å². The largest absolute Gasteiger partial charge is 0.345 e. The van der Waals surface area contributed by atoms with Crippen LogP contribution in [0.15, 0.2) is 24.4 Å². The summed E-state index contributed by atoms with van der Waals surface area (Å²) < 4.78 is 15.1. The summed E-state index contributed by atoms with van der Waals surface area (Å²) in [7, 11) is 1.17. The Hall–Kier alpha value is -2.57. The predicted molar refractivity (Wildman–Crippen MR) is 63.9 cm³/mol. The molecule has 0 aliphatic rings. The van der Waals surface area contributed by atoms with Crippen molar-refractivity contribution < 1.29 is 18.9 Å². The molecule has 0 saturated heterocycles. The second-order valence-electron chi connectivity index (χ2n) is 3.78. The maximum Gasteiger partial charge on any atom is 0.345 e. The molecule has 0 aliphatic carbocycles. The summed E-state index contributed by atoms with van der Waals surface area (Å²) >= 11 is 0. The van der Waals surface area contributed by atoms with Gasteiger partial charge in [-0.25, -0.2) is 13.9 Å². The highest BCUT2D eigenvalue weighted by Gasteiger charge is 2.26. The Labute approximate surface area is 107 Å². The third kappa shape index (κ3) is 2.22. The molecule has 1 aromatic carbocycles. The van der Waals surface area contributed by atoms with Crippen LogP contribution in [0, 0.1) is 17.6 Å². The molecular formula is C12H11FN3O3+. The fourth-order valence-electron chi connectivity index (χ4n) is 1.68. The highest BCUT2D eigenvalue weighted by Crippen LogP contribution is 2.26. The van der Waals surface area contributed by atoms with Gasteiger partial charge in [-0.15, -0.1) is 0 Å². The first-order chi connectivity index (χ1) is 9.08. The third-order valence-electron chi connectivity index (χ3n) is 2.62. The van der Waals surface area contributed by atoms with Gasteiger partial charge in [0.15, 0.2) is 24.9 Å². The van der Waals surface area contributed by atoms with Crippen molar-refractivity contribution in [3.8, 4) is 5.69 Å². The monoisotopic (exact) mass is 264 g/mol. The van der Waals surface area contributed by atoms with E-state index in [-0.39, 0.29) is 16.3 Å². The van der Waals surface area contributed by atoms with Crippen LogP contribution in [-0.4, -0.2) is 28.1 Å². The van der Waals surface area contributed by atoms with E-state index >= 15 is 0 Å². The van der Waals surface area contributed by atoms with Gasteiger partial charge in [-0.1, -0.05) is 6.07 Å². The SMILES string of the molecule is CO[N+](=O)c1cccc(F)c1-n1cc(C=O)c(C)n1. The van der Waals surface area contributed by atoms with E-state index < -0.39 is 5.82 Å². The number of aldehydes is 1. The van der Waals surface area contributed by atoms with Crippen molar-refractivity contribution in [2.45, 2.75) is 6.92 Å². The van der Waals surface area contributed by atoms with E-state index in [1.54, 1.807) is 6.92 Å². The molecule has 0 unspecified atom stereocenters. The Bertz CT molecular complexity index is 652. The van der Waals surface area contributed by atoms with Gasteiger partial charge in [0.05, 0.1) is 16.2 Å². The molecule has 0 fully saturated rings. The molecule has 1 heterocycles. The smallest absolute Gasteiger partial charge is 0.298 e. The first-order valence-corrected chi connectivity index (χ1v) is 5.40. The van der Waals surface area contributed by atoms with Gasteiger partial charge >= 0.3 is 5.69 Å². The fourth-order valence-corrected chi connectivity index (χ4v) is 1.68. The van der Waals surface area contributed by atoms with E-state index in [9.17, 15) is 14.1 Å². The summed E-state index contributed by atoms with van der Waals surface area (Å²) in [4.78, 5) is 27.0. The van der Waals surface area contributed by atoms with Gasteiger partial charge in [-0.3, -0.25) is 4.79 Å². The number of hydrogen-bond acceptors (Lipinski definition) is 4. The number of para-hydroxylation sites is 1. The molecule has 0 radical (unpaired) electrons. The summed E-state index contributed by atoms with van der Waals surface area (Å²) in [5.74, 6) is -0.643. The highest BCUT2D eigenvalue weighted by molar-refractivity contribution is 5.76. The third-order valence-corrected chi connectivity index (χ3v) is 2.62. The maximum atomic E-state index is 13.9. The summed E-state index contributed by atoms with van der Waals surface area (Å²) in [6.45, 7) is 1.62. The zero-order valence-electron chi connectivity index (χ0n) is 10.3. The Morgan fingerprint density at radius 3 is 2.79 bits per heavy atom. The minimum absolute atomic E-state index is 0.0394. The quantitative estimate of drug-likeness (QED) is 0.626. The Balaban J connectivity index is 2.66. The van der Waals surface area contributed by atoms with E-state index in [1.165, 1.54) is 31.5 Å². The van der Waals surface area contributed by atoms with E-state index in [0.717, 1.165) is 4.68 Å². The average molecular weight is 264 g/mol. The second kappa shape index (κ2) is 4.97. The molecule has 2 aromatic rings. The van der Waals surface area contributed by atoms with Crippen LogP contribution in [0.2, 0.25) is 0 Å². The number of benzene rings is 1. The van der Waals surface area contributed by atoms with Gasteiger partial charge in [0.2, 0.25) is 0 Å². The van der Waals surface area contributed by atoms with Crippen LogP contribution in [0.5, 0.6) is 0 Å². The lowest BCUT2D eigenvalue weighted by Crippen LogP contribution is -2.07. The molecule has 6 nitrogen and oxygen atoms in total. The highest BCUT2D eigenvalue weighted by atomic mass is 19.1. The lowest BCUT2D eigenvalue weighted by atomic mass is 10.2. The number of aryl methyl sites for hydroxylation is 1. The maximum absolute atomic E-state index is 13.9. The summed E-state index contributed by atoms with van der Waals surface area (Å²) in [6, 6.07) is 3.97. The fraction of sp³-hybridized carbons (Fsp3) is 0.167. The van der Waals surface area contributed by atoms with Crippen molar-refractivity contribution in [1.82, 2.24) is 9.78 Å². The van der Waals surface area contributed by atoms with Crippen molar-refractivity contribution in [1.29, 1.82) is 0 Å². The number of carbonyl (C=O) groups excluding carboxylic acids is 1. The van der Waals surface area contributed by atoms with Gasteiger partial charge in [-0.2, -0.15) is 5.10 Å². The first-order valence-electron chi connectivity index (χ1n) is 5.40. The molecule has 19 heavy (non-hydrogen) atoms. The number of hydrogen-bond donors (Lipinski definition) is 0. The minimum Gasteiger partial charge on any atom is -0.298 e. The molecule has 1 aromatic heterocycles. The molecule has 0 spiro atoms. The molecule has 2 rings (SSSR count). The van der Waals surface area contributed by atoms with Crippen molar-refractivity contribution in [2.75, 3.05) is 7.11 Å². The van der Waals surface area contributed by atoms with Gasteiger partial charge in [0.1, 0.15) is 0 Å². The zero-order valence-corrected chi connectivity index (χ0v) is 10.3. The van der Waals surface area contributed by atoms with Crippen LogP contribution in [0.4, 0.5) is 10.1 Å². The Morgan fingerprint density at radius 2 is 2.21 bits per heavy atom. The second-order valence-corrected chi connectivity index (χ2v) is 3.78. The normalized spacial score (nSPS) is 10.3. The molecule has 98 valence electrons. The van der Waals surface area contributed by atoms with Crippen LogP contribution >= 0.6 is 0 Å². The van der Waals surface area contributed by atoms with Crippen LogP contribution in [0.25, 0.3) is 5.69 Å². The topological polar surface area (TPSA) is 64.2 Å². The molecule has 0 saturated carbocycles. The lowest BCUT2D eigenvalue weighted by molar-refractivity contribution is -0.736. The summed E-state index contributed by atoms with van der Waals surface area (Å²) in [5, 5.41) is 4.01. The van der Waals surface area contributed by atoms with Gasteiger partial charge < -0.3 is 0 Å². The predicted octanol–water partition coefficient (Wildman–Crippen LogP) is 2.10. The van der Waals surface area contributed by atoms with Gasteiger partial charge in [0.25, 0.3) is 4.92 Å². The molecule has 7 heteroatoms. The Kier molecular flexibility index (Phi) is 3.37. The Morgan fingerprint density at radius 1 is 1.47 bits per heavy atom. The van der Waals surface area contributed by atoms with Crippen molar-refractivity contribution in [3.05, 3.63) is 46.4 Å². The van der Waals surface area contributed by atoms with Crippen molar-refractivity contribution in [2.24, 2.45) is 0 Å². The molecule has 0 bridgehead atoms. The molecular weight excluding hydrogens is 253 g/mol. The van der Waals surface area contributed by atoms with Crippen molar-refractivity contribution in [3.63, 3.8) is 0 Å². The lowest BCUT2D eigenvalue weighted by Gasteiger charge is -2.02.